The van der Waals surface area contributed by atoms with Crippen LogP contribution in [-0.4, -0.2) is 16.1 Å². The molecule has 0 radical (unpaired) electrons. The number of ether oxygens (including phenoxy) is 1. The Bertz CT molecular complexity index is 1140. The van der Waals surface area contributed by atoms with E-state index in [0.29, 0.717) is 11.1 Å². The summed E-state index contributed by atoms with van der Waals surface area (Å²) >= 11 is 0. The summed E-state index contributed by atoms with van der Waals surface area (Å²) in [6.07, 6.45) is 1.69. The molecule has 3 heterocycles. The molecule has 0 saturated carbocycles. The molecule has 0 aliphatic carbocycles. The highest BCUT2D eigenvalue weighted by molar-refractivity contribution is 5.71. The third-order valence-corrected chi connectivity index (χ3v) is 4.27. The van der Waals surface area contributed by atoms with Crippen molar-refractivity contribution in [2.45, 2.75) is 12.1 Å². The molecule has 1 aliphatic heterocycles. The summed E-state index contributed by atoms with van der Waals surface area (Å²) in [5.74, 6) is 3.75. The van der Waals surface area contributed by atoms with Gasteiger partial charge < -0.3 is 10.1 Å². The molecular formula is C21H12F3N3O2. The van der Waals surface area contributed by atoms with Gasteiger partial charge in [0, 0.05) is 17.3 Å². The molecule has 1 amide bonds. The number of alkyl carbamates (subject to hydrolysis) is 1. The van der Waals surface area contributed by atoms with Gasteiger partial charge in [0.15, 0.2) is 6.10 Å². The van der Waals surface area contributed by atoms with Crippen LogP contribution in [0.3, 0.4) is 0 Å². The molecule has 144 valence electrons. The topological polar surface area (TPSA) is 64.1 Å². The quantitative estimate of drug-likeness (QED) is 0.670. The van der Waals surface area contributed by atoms with Crippen LogP contribution in [0, 0.1) is 29.3 Å². The Morgan fingerprint density at radius 3 is 2.52 bits per heavy atom. The number of pyridine rings is 2. The van der Waals surface area contributed by atoms with E-state index in [1.165, 1.54) is 42.6 Å². The first kappa shape index (κ1) is 18.5. The predicted octanol–water partition coefficient (Wildman–Crippen LogP) is 3.82. The van der Waals surface area contributed by atoms with Gasteiger partial charge in [-0.15, -0.1) is 0 Å². The van der Waals surface area contributed by atoms with Gasteiger partial charge in [-0.25, -0.2) is 22.9 Å². The summed E-state index contributed by atoms with van der Waals surface area (Å²) in [6.45, 7) is 0. The van der Waals surface area contributed by atoms with Crippen molar-refractivity contribution >= 4 is 6.09 Å². The lowest BCUT2D eigenvalue weighted by molar-refractivity contribution is 0.130. The van der Waals surface area contributed by atoms with E-state index in [-0.39, 0.29) is 11.3 Å². The van der Waals surface area contributed by atoms with Crippen molar-refractivity contribution in [1.82, 2.24) is 15.3 Å². The van der Waals surface area contributed by atoms with Gasteiger partial charge in [0.25, 0.3) is 0 Å². The standard InChI is InChI=1S/C21H12F3N3O2/c22-14-4-2-13(3-5-14)19-20(29-21(28)27-19)17-8-16(26-11-18(17)24)6-1-12-7-15(23)10-25-9-12/h2-5,7-11,19-20H,(H,27,28)/t19-,20-/m1/s1. The predicted molar refractivity (Wildman–Crippen MR) is 95.9 cm³/mol. The Kier molecular flexibility index (Phi) is 4.87. The molecule has 2 aromatic heterocycles. The van der Waals surface area contributed by atoms with Crippen LogP contribution in [0.1, 0.15) is 34.5 Å². The number of benzene rings is 1. The van der Waals surface area contributed by atoms with E-state index >= 15 is 0 Å². The van der Waals surface area contributed by atoms with Gasteiger partial charge in [-0.2, -0.15) is 0 Å². The molecule has 29 heavy (non-hydrogen) atoms. The lowest BCUT2D eigenvalue weighted by Crippen LogP contribution is -2.20. The zero-order valence-electron chi connectivity index (χ0n) is 14.7. The minimum Gasteiger partial charge on any atom is -0.439 e. The van der Waals surface area contributed by atoms with Crippen LogP contribution in [0.2, 0.25) is 0 Å². The van der Waals surface area contributed by atoms with Crippen LogP contribution < -0.4 is 5.32 Å². The minimum absolute atomic E-state index is 0.0642. The molecule has 1 fully saturated rings. The maximum Gasteiger partial charge on any atom is 0.408 e. The first-order valence-corrected chi connectivity index (χ1v) is 8.50. The van der Waals surface area contributed by atoms with Gasteiger partial charge >= 0.3 is 6.09 Å². The van der Waals surface area contributed by atoms with E-state index in [0.717, 1.165) is 12.4 Å². The second-order valence-corrected chi connectivity index (χ2v) is 6.23. The number of nitrogens with one attached hydrogen (secondary N) is 1. The summed E-state index contributed by atoms with van der Waals surface area (Å²) < 4.78 is 46.1. The molecule has 5 nitrogen and oxygen atoms in total. The Hall–Kier alpha value is -3.86. The third kappa shape index (κ3) is 4.04. The highest BCUT2D eigenvalue weighted by atomic mass is 19.1. The number of carbonyl (C=O) groups excluding carboxylic acids is 1. The van der Waals surface area contributed by atoms with Crippen molar-refractivity contribution in [3.63, 3.8) is 0 Å². The number of hydrogen-bond donors (Lipinski definition) is 1. The second kappa shape index (κ2) is 7.64. The van der Waals surface area contributed by atoms with E-state index in [1.807, 2.05) is 0 Å². The molecule has 8 heteroatoms. The Balaban J connectivity index is 1.68. The number of cyclic esters (lactones) is 1. The molecule has 1 aliphatic rings. The highest BCUT2D eigenvalue weighted by Gasteiger charge is 2.38. The highest BCUT2D eigenvalue weighted by Crippen LogP contribution is 2.37. The summed E-state index contributed by atoms with van der Waals surface area (Å²) in [5, 5.41) is 2.59. The van der Waals surface area contributed by atoms with Crippen LogP contribution in [-0.2, 0) is 4.74 Å². The number of hydrogen-bond acceptors (Lipinski definition) is 4. The Morgan fingerprint density at radius 1 is 0.966 bits per heavy atom. The van der Waals surface area contributed by atoms with Crippen molar-refractivity contribution in [3.05, 3.63) is 94.8 Å². The second-order valence-electron chi connectivity index (χ2n) is 6.23. The smallest absolute Gasteiger partial charge is 0.408 e. The van der Waals surface area contributed by atoms with Gasteiger partial charge in [0.1, 0.15) is 23.1 Å². The molecule has 3 aromatic rings. The first-order chi connectivity index (χ1) is 14.0. The normalized spacial score (nSPS) is 17.8. The maximum absolute atomic E-state index is 14.5. The van der Waals surface area contributed by atoms with E-state index in [4.69, 9.17) is 4.74 Å². The van der Waals surface area contributed by atoms with E-state index < -0.39 is 35.7 Å². The van der Waals surface area contributed by atoms with E-state index in [1.54, 1.807) is 0 Å². The summed E-state index contributed by atoms with van der Waals surface area (Å²) in [7, 11) is 0. The Morgan fingerprint density at radius 2 is 1.76 bits per heavy atom. The van der Waals surface area contributed by atoms with E-state index in [9.17, 15) is 18.0 Å². The fourth-order valence-electron chi connectivity index (χ4n) is 2.95. The number of aromatic nitrogens is 2. The van der Waals surface area contributed by atoms with Gasteiger partial charge in [-0.05, 0) is 35.7 Å². The van der Waals surface area contributed by atoms with Crippen molar-refractivity contribution in [2.75, 3.05) is 0 Å². The van der Waals surface area contributed by atoms with Crippen molar-refractivity contribution < 1.29 is 22.7 Å². The lowest BCUT2D eigenvalue weighted by atomic mass is 9.96. The van der Waals surface area contributed by atoms with Crippen molar-refractivity contribution in [3.8, 4) is 11.8 Å². The molecule has 2 atom stereocenters. The molecule has 0 spiro atoms. The van der Waals surface area contributed by atoms with Gasteiger partial charge in [0.2, 0.25) is 0 Å². The fourth-order valence-corrected chi connectivity index (χ4v) is 2.95. The fraction of sp³-hybridized carbons (Fsp3) is 0.0952. The average molecular weight is 395 g/mol. The Labute approximate surface area is 163 Å². The summed E-state index contributed by atoms with van der Waals surface area (Å²) in [4.78, 5) is 19.4. The largest absolute Gasteiger partial charge is 0.439 e. The molecule has 0 unspecified atom stereocenters. The van der Waals surface area contributed by atoms with E-state index in [2.05, 4.69) is 27.1 Å². The van der Waals surface area contributed by atoms with Crippen LogP contribution >= 0.6 is 0 Å². The number of halogens is 3. The molecule has 0 bridgehead atoms. The number of nitrogens with zero attached hydrogens (tertiary/aromatic N) is 2. The lowest BCUT2D eigenvalue weighted by Gasteiger charge is -2.18. The van der Waals surface area contributed by atoms with Crippen LogP contribution in [0.25, 0.3) is 0 Å². The zero-order chi connectivity index (χ0) is 20.4. The van der Waals surface area contributed by atoms with Gasteiger partial charge in [0.05, 0.1) is 18.4 Å². The van der Waals surface area contributed by atoms with Crippen LogP contribution in [0.5, 0.6) is 0 Å². The number of carbonyl (C=O) groups is 1. The van der Waals surface area contributed by atoms with Gasteiger partial charge in [-0.1, -0.05) is 18.1 Å². The number of rotatable bonds is 2. The molecule has 1 aromatic carbocycles. The van der Waals surface area contributed by atoms with Crippen molar-refractivity contribution in [2.24, 2.45) is 0 Å². The van der Waals surface area contributed by atoms with Crippen LogP contribution in [0.15, 0.2) is 55.0 Å². The molecule has 1 N–H and O–H groups in total. The summed E-state index contributed by atoms with van der Waals surface area (Å²) in [5.41, 5.74) is 1.15. The zero-order valence-corrected chi connectivity index (χ0v) is 14.7. The average Bonchev–Trinajstić information content (AvgIpc) is 3.09. The van der Waals surface area contributed by atoms with Crippen LogP contribution in [0.4, 0.5) is 18.0 Å². The molecule has 4 rings (SSSR count). The number of amides is 1. The third-order valence-electron chi connectivity index (χ3n) is 4.27. The molecular weight excluding hydrogens is 383 g/mol. The van der Waals surface area contributed by atoms with Gasteiger partial charge in [-0.3, -0.25) is 4.98 Å². The minimum atomic E-state index is -0.993. The first-order valence-electron chi connectivity index (χ1n) is 8.50. The molecule has 1 saturated heterocycles. The maximum atomic E-state index is 14.5. The van der Waals surface area contributed by atoms with Crippen molar-refractivity contribution in [1.29, 1.82) is 0 Å². The monoisotopic (exact) mass is 395 g/mol. The SMILES string of the molecule is O=C1N[C@H](c2ccc(F)cc2)[C@@H](c2cc(C#Cc3cncc(F)c3)ncc2F)O1. The summed E-state index contributed by atoms with van der Waals surface area (Å²) in [6, 6.07) is 7.30.